The van der Waals surface area contributed by atoms with Crippen molar-refractivity contribution in [1.29, 1.82) is 0 Å². The topological polar surface area (TPSA) is 21.3 Å². The second kappa shape index (κ2) is 7.12. The second-order valence-electron chi connectivity index (χ2n) is 4.97. The third-order valence-electron chi connectivity index (χ3n) is 2.84. The molecular weight excluding hydrogens is 312 g/mol. The first-order chi connectivity index (χ1) is 9.95. The van der Waals surface area contributed by atoms with Crippen LogP contribution in [-0.4, -0.2) is 6.04 Å². The summed E-state index contributed by atoms with van der Waals surface area (Å²) in [5, 5.41) is 3.98. The van der Waals surface area contributed by atoms with Gasteiger partial charge in [-0.05, 0) is 30.3 Å². The summed E-state index contributed by atoms with van der Waals surface area (Å²) in [6, 6.07) is 9.99. The van der Waals surface area contributed by atoms with E-state index in [0.29, 0.717) is 29.1 Å². The molecule has 0 unspecified atom stereocenters. The molecule has 2 aromatic rings. The van der Waals surface area contributed by atoms with Crippen LogP contribution in [0.3, 0.4) is 0 Å². The zero-order chi connectivity index (χ0) is 15.4. The number of benzene rings is 2. The van der Waals surface area contributed by atoms with E-state index < -0.39 is 5.82 Å². The summed E-state index contributed by atoms with van der Waals surface area (Å²) in [5.74, 6) is 0.673. The smallest absolute Gasteiger partial charge is 0.142 e. The van der Waals surface area contributed by atoms with Gasteiger partial charge in [0.25, 0.3) is 0 Å². The summed E-state index contributed by atoms with van der Waals surface area (Å²) in [5.41, 5.74) is 0.927. The molecule has 112 valence electrons. The van der Waals surface area contributed by atoms with Crippen LogP contribution >= 0.6 is 23.2 Å². The van der Waals surface area contributed by atoms with Gasteiger partial charge in [-0.2, -0.15) is 0 Å². The number of nitrogens with one attached hydrogen (secondary N) is 1. The van der Waals surface area contributed by atoms with Crippen molar-refractivity contribution in [3.05, 3.63) is 57.8 Å². The average molecular weight is 328 g/mol. The Morgan fingerprint density at radius 1 is 1.14 bits per heavy atom. The van der Waals surface area contributed by atoms with E-state index in [0.717, 1.165) is 5.56 Å². The summed E-state index contributed by atoms with van der Waals surface area (Å²) in [7, 11) is 0. The van der Waals surface area contributed by atoms with Crippen molar-refractivity contribution in [3.63, 3.8) is 0 Å². The largest absolute Gasteiger partial charge is 0.457 e. The van der Waals surface area contributed by atoms with Crippen molar-refractivity contribution in [3.8, 4) is 11.5 Å². The molecule has 0 aliphatic heterocycles. The fourth-order valence-electron chi connectivity index (χ4n) is 1.77. The van der Waals surface area contributed by atoms with Gasteiger partial charge in [0.2, 0.25) is 0 Å². The van der Waals surface area contributed by atoms with Gasteiger partial charge in [-0.25, -0.2) is 4.39 Å². The van der Waals surface area contributed by atoms with Crippen molar-refractivity contribution in [2.75, 3.05) is 0 Å². The number of hydrogen-bond acceptors (Lipinski definition) is 2. The third-order valence-corrected chi connectivity index (χ3v) is 3.37. The van der Waals surface area contributed by atoms with Gasteiger partial charge in [0.1, 0.15) is 17.3 Å². The van der Waals surface area contributed by atoms with E-state index in [4.69, 9.17) is 27.9 Å². The summed E-state index contributed by atoms with van der Waals surface area (Å²) in [4.78, 5) is 0. The van der Waals surface area contributed by atoms with E-state index in [2.05, 4.69) is 19.2 Å². The molecular formula is C16H16Cl2FNO. The van der Waals surface area contributed by atoms with Crippen LogP contribution in [0.2, 0.25) is 10.0 Å². The van der Waals surface area contributed by atoms with Crippen LogP contribution in [0, 0.1) is 5.82 Å². The molecule has 2 aromatic carbocycles. The highest BCUT2D eigenvalue weighted by atomic mass is 35.5. The van der Waals surface area contributed by atoms with Crippen molar-refractivity contribution in [2.24, 2.45) is 0 Å². The van der Waals surface area contributed by atoms with Crippen LogP contribution in [0.4, 0.5) is 4.39 Å². The lowest BCUT2D eigenvalue weighted by Crippen LogP contribution is -2.22. The minimum atomic E-state index is -0.471. The lowest BCUT2D eigenvalue weighted by Gasteiger charge is -2.14. The minimum Gasteiger partial charge on any atom is -0.457 e. The number of rotatable bonds is 5. The predicted molar refractivity (Wildman–Crippen MR) is 84.9 cm³/mol. The molecule has 0 aliphatic carbocycles. The van der Waals surface area contributed by atoms with E-state index in [9.17, 15) is 4.39 Å². The number of hydrogen-bond donors (Lipinski definition) is 1. The summed E-state index contributed by atoms with van der Waals surface area (Å²) in [6.07, 6.45) is 0. The first kappa shape index (κ1) is 16.1. The van der Waals surface area contributed by atoms with Crippen LogP contribution in [0.15, 0.2) is 36.4 Å². The molecule has 0 spiro atoms. The van der Waals surface area contributed by atoms with Crippen molar-refractivity contribution >= 4 is 23.2 Å². The first-order valence-electron chi connectivity index (χ1n) is 6.60. The normalized spacial score (nSPS) is 11.0. The van der Waals surface area contributed by atoms with Gasteiger partial charge in [-0.1, -0.05) is 37.0 Å². The Bertz CT molecular complexity index is 632. The molecule has 0 fully saturated rings. The van der Waals surface area contributed by atoms with Gasteiger partial charge in [0.05, 0.1) is 5.02 Å². The van der Waals surface area contributed by atoms with Crippen molar-refractivity contribution < 1.29 is 9.13 Å². The Morgan fingerprint density at radius 2 is 1.90 bits per heavy atom. The Kier molecular flexibility index (Phi) is 5.45. The predicted octanol–water partition coefficient (Wildman–Crippen LogP) is 5.42. The summed E-state index contributed by atoms with van der Waals surface area (Å²) in [6.45, 7) is 4.75. The molecule has 0 heterocycles. The zero-order valence-corrected chi connectivity index (χ0v) is 13.3. The van der Waals surface area contributed by atoms with E-state index in [1.54, 1.807) is 12.1 Å². The zero-order valence-electron chi connectivity index (χ0n) is 11.8. The third kappa shape index (κ3) is 4.60. The monoisotopic (exact) mass is 327 g/mol. The van der Waals surface area contributed by atoms with Crippen LogP contribution < -0.4 is 10.1 Å². The van der Waals surface area contributed by atoms with E-state index in [-0.39, 0.29) is 5.02 Å². The lowest BCUT2D eigenvalue weighted by atomic mass is 10.2. The first-order valence-corrected chi connectivity index (χ1v) is 7.36. The minimum absolute atomic E-state index is 0.0309. The van der Waals surface area contributed by atoms with Gasteiger partial charge in [-0.15, -0.1) is 0 Å². The van der Waals surface area contributed by atoms with Gasteiger partial charge in [0.15, 0.2) is 0 Å². The Labute approximate surface area is 133 Å². The fourth-order valence-corrected chi connectivity index (χ4v) is 2.13. The van der Waals surface area contributed by atoms with Gasteiger partial charge >= 0.3 is 0 Å². The lowest BCUT2D eigenvalue weighted by molar-refractivity contribution is 0.468. The van der Waals surface area contributed by atoms with Crippen LogP contribution in [0.5, 0.6) is 11.5 Å². The maximum atomic E-state index is 13.2. The Balaban J connectivity index is 2.23. The second-order valence-corrected chi connectivity index (χ2v) is 5.81. The highest BCUT2D eigenvalue weighted by Crippen LogP contribution is 2.30. The van der Waals surface area contributed by atoms with E-state index in [1.165, 1.54) is 18.2 Å². The van der Waals surface area contributed by atoms with Crippen LogP contribution in [-0.2, 0) is 6.54 Å². The highest BCUT2D eigenvalue weighted by Gasteiger charge is 2.08. The molecule has 1 N–H and O–H groups in total. The van der Waals surface area contributed by atoms with Gasteiger partial charge in [0, 0.05) is 29.2 Å². The number of halogens is 3. The molecule has 2 rings (SSSR count). The van der Waals surface area contributed by atoms with E-state index >= 15 is 0 Å². The highest BCUT2D eigenvalue weighted by molar-refractivity contribution is 6.31. The molecule has 0 saturated carbocycles. The van der Waals surface area contributed by atoms with Gasteiger partial charge < -0.3 is 10.1 Å². The van der Waals surface area contributed by atoms with E-state index in [1.807, 2.05) is 6.07 Å². The summed E-state index contributed by atoms with van der Waals surface area (Å²) < 4.78 is 18.9. The molecule has 0 bridgehead atoms. The molecule has 2 nitrogen and oxygen atoms in total. The average Bonchev–Trinajstić information content (AvgIpc) is 2.43. The Hall–Kier alpha value is -1.29. The molecule has 5 heteroatoms. The molecule has 0 aromatic heterocycles. The SMILES string of the molecule is CC(C)NCc1cc(Cl)ccc1Oc1ccc(F)c(Cl)c1. The standard InChI is InChI=1S/C16H16Cl2FNO/c1-10(2)20-9-11-7-12(17)3-6-16(11)21-13-4-5-15(19)14(18)8-13/h3-8,10,20H,9H2,1-2H3. The molecule has 21 heavy (non-hydrogen) atoms. The maximum absolute atomic E-state index is 13.2. The van der Waals surface area contributed by atoms with Gasteiger partial charge in [-0.3, -0.25) is 0 Å². The molecule has 0 amide bonds. The van der Waals surface area contributed by atoms with Crippen molar-refractivity contribution in [2.45, 2.75) is 26.4 Å². The molecule has 0 aliphatic rings. The van der Waals surface area contributed by atoms with Crippen molar-refractivity contribution in [1.82, 2.24) is 5.32 Å². The van der Waals surface area contributed by atoms with Crippen LogP contribution in [0.1, 0.15) is 19.4 Å². The van der Waals surface area contributed by atoms with Crippen LogP contribution in [0.25, 0.3) is 0 Å². The molecule has 0 saturated heterocycles. The quantitative estimate of drug-likeness (QED) is 0.791. The maximum Gasteiger partial charge on any atom is 0.142 e. The Morgan fingerprint density at radius 3 is 2.57 bits per heavy atom. The fraction of sp³-hybridized carbons (Fsp3) is 0.250. The summed E-state index contributed by atoms with van der Waals surface area (Å²) >= 11 is 11.8. The molecule has 0 radical (unpaired) electrons. The molecule has 0 atom stereocenters. The number of ether oxygens (including phenoxy) is 1.